The Morgan fingerprint density at radius 3 is 3.06 bits per heavy atom. The van der Waals surface area contributed by atoms with Gasteiger partial charge in [0, 0.05) is 13.0 Å². The van der Waals surface area contributed by atoms with E-state index < -0.39 is 5.97 Å². The first-order valence-corrected chi connectivity index (χ1v) is 5.59. The normalized spacial score (nSPS) is 10.9. The van der Waals surface area contributed by atoms with Crippen molar-refractivity contribution >= 4 is 17.0 Å². The molecular weight excluding hydrogens is 218 g/mol. The van der Waals surface area contributed by atoms with Crippen molar-refractivity contribution in [3.05, 3.63) is 29.6 Å². The summed E-state index contributed by atoms with van der Waals surface area (Å²) in [6.45, 7) is 2.57. The van der Waals surface area contributed by atoms with Crippen LogP contribution in [0.15, 0.2) is 18.2 Å². The summed E-state index contributed by atoms with van der Waals surface area (Å²) >= 11 is 0. The lowest BCUT2D eigenvalue weighted by molar-refractivity contribution is -0.135. The average molecular weight is 233 g/mol. The second-order valence-corrected chi connectivity index (χ2v) is 3.89. The van der Waals surface area contributed by atoms with E-state index in [4.69, 9.17) is 5.11 Å². The highest BCUT2D eigenvalue weighted by Gasteiger charge is 2.02. The zero-order valence-corrected chi connectivity index (χ0v) is 9.66. The van der Waals surface area contributed by atoms with E-state index in [0.717, 1.165) is 28.8 Å². The Morgan fingerprint density at radius 1 is 1.53 bits per heavy atom. The van der Waals surface area contributed by atoms with Gasteiger partial charge in [0.1, 0.15) is 5.82 Å². The van der Waals surface area contributed by atoms with Gasteiger partial charge in [-0.15, -0.1) is 0 Å². The van der Waals surface area contributed by atoms with Crippen LogP contribution in [0.25, 0.3) is 11.0 Å². The Balaban J connectivity index is 2.11. The molecule has 0 aliphatic carbocycles. The van der Waals surface area contributed by atoms with Crippen LogP contribution in [-0.2, 0) is 17.8 Å². The van der Waals surface area contributed by atoms with Crippen molar-refractivity contribution in [2.45, 2.75) is 19.9 Å². The van der Waals surface area contributed by atoms with Crippen LogP contribution in [0.4, 0.5) is 0 Å². The van der Waals surface area contributed by atoms with Gasteiger partial charge in [-0.1, -0.05) is 13.0 Å². The van der Waals surface area contributed by atoms with Gasteiger partial charge < -0.3 is 15.4 Å². The molecule has 3 N–H and O–H groups in total. The first kappa shape index (κ1) is 11.6. The molecule has 5 heteroatoms. The Labute approximate surface area is 98.9 Å². The molecule has 0 fully saturated rings. The van der Waals surface area contributed by atoms with Crippen LogP contribution in [0.1, 0.15) is 18.3 Å². The number of carboxylic acids is 1. The molecule has 0 amide bonds. The molecule has 1 aromatic carbocycles. The Morgan fingerprint density at radius 2 is 2.35 bits per heavy atom. The number of aromatic nitrogens is 2. The number of aliphatic carboxylic acids is 1. The largest absolute Gasteiger partial charge is 0.480 e. The number of imidazole rings is 1. The summed E-state index contributed by atoms with van der Waals surface area (Å²) in [6, 6.07) is 5.90. The van der Waals surface area contributed by atoms with Gasteiger partial charge in [0.05, 0.1) is 17.6 Å². The van der Waals surface area contributed by atoms with Crippen LogP contribution >= 0.6 is 0 Å². The highest BCUT2D eigenvalue weighted by Crippen LogP contribution is 2.13. The Bertz CT molecular complexity index is 534. The maximum atomic E-state index is 10.4. The summed E-state index contributed by atoms with van der Waals surface area (Å²) in [5, 5.41) is 11.4. The number of aryl methyl sites for hydroxylation is 1. The van der Waals surface area contributed by atoms with Crippen molar-refractivity contribution in [1.29, 1.82) is 0 Å². The molecule has 1 heterocycles. The second-order valence-electron chi connectivity index (χ2n) is 3.89. The van der Waals surface area contributed by atoms with Gasteiger partial charge in [-0.2, -0.15) is 0 Å². The third-order valence-corrected chi connectivity index (χ3v) is 2.54. The standard InChI is InChI=1S/C12H15N3O2/c1-2-11-14-9-4-3-8(5-10(9)15-11)6-13-7-12(16)17/h3-5,13H,2,6-7H2,1H3,(H,14,15)(H,16,17). The molecule has 0 bridgehead atoms. The fraction of sp³-hybridized carbons (Fsp3) is 0.333. The third-order valence-electron chi connectivity index (χ3n) is 2.54. The van der Waals surface area contributed by atoms with Crippen molar-refractivity contribution in [2.24, 2.45) is 0 Å². The lowest BCUT2D eigenvalue weighted by Crippen LogP contribution is -2.21. The summed E-state index contributed by atoms with van der Waals surface area (Å²) in [5.74, 6) is 0.122. The molecule has 5 nitrogen and oxygen atoms in total. The molecule has 2 rings (SSSR count). The summed E-state index contributed by atoms with van der Waals surface area (Å²) < 4.78 is 0. The molecule has 0 aliphatic rings. The van der Waals surface area contributed by atoms with Gasteiger partial charge in [-0.25, -0.2) is 4.98 Å². The molecule has 1 aromatic heterocycles. The number of fused-ring (bicyclic) bond motifs is 1. The zero-order valence-electron chi connectivity index (χ0n) is 9.66. The Hall–Kier alpha value is -1.88. The molecule has 0 spiro atoms. The second kappa shape index (κ2) is 4.97. The van der Waals surface area contributed by atoms with Gasteiger partial charge in [0.25, 0.3) is 0 Å². The lowest BCUT2D eigenvalue weighted by atomic mass is 10.2. The molecule has 90 valence electrons. The molecule has 0 saturated carbocycles. The fourth-order valence-corrected chi connectivity index (χ4v) is 1.70. The zero-order chi connectivity index (χ0) is 12.3. The summed E-state index contributed by atoms with van der Waals surface area (Å²) in [7, 11) is 0. The van der Waals surface area contributed by atoms with Crippen LogP contribution < -0.4 is 5.32 Å². The number of carboxylic acid groups (broad SMARTS) is 1. The van der Waals surface area contributed by atoms with Gasteiger partial charge in [0.2, 0.25) is 0 Å². The predicted molar refractivity (Wildman–Crippen MR) is 64.8 cm³/mol. The van der Waals surface area contributed by atoms with Crippen molar-refractivity contribution in [3.63, 3.8) is 0 Å². The lowest BCUT2D eigenvalue weighted by Gasteiger charge is -2.01. The number of hydrogen-bond donors (Lipinski definition) is 3. The average Bonchev–Trinajstić information content (AvgIpc) is 2.70. The van der Waals surface area contributed by atoms with Crippen molar-refractivity contribution in [2.75, 3.05) is 6.54 Å². The number of carbonyl (C=O) groups is 1. The first-order chi connectivity index (χ1) is 8.19. The van der Waals surface area contributed by atoms with Crippen LogP contribution in [0.2, 0.25) is 0 Å². The van der Waals surface area contributed by atoms with E-state index in [-0.39, 0.29) is 6.54 Å². The number of nitrogens with one attached hydrogen (secondary N) is 2. The van der Waals surface area contributed by atoms with Crippen LogP contribution in [0.5, 0.6) is 0 Å². The van der Waals surface area contributed by atoms with E-state index in [1.165, 1.54) is 0 Å². The van der Waals surface area contributed by atoms with Gasteiger partial charge >= 0.3 is 5.97 Å². The van der Waals surface area contributed by atoms with E-state index in [9.17, 15) is 4.79 Å². The molecule has 0 atom stereocenters. The van der Waals surface area contributed by atoms with E-state index in [1.54, 1.807) is 0 Å². The van der Waals surface area contributed by atoms with E-state index in [1.807, 2.05) is 25.1 Å². The van der Waals surface area contributed by atoms with E-state index >= 15 is 0 Å². The Kier molecular flexibility index (Phi) is 3.39. The first-order valence-electron chi connectivity index (χ1n) is 5.59. The quantitative estimate of drug-likeness (QED) is 0.727. The smallest absolute Gasteiger partial charge is 0.317 e. The molecule has 2 aromatic rings. The number of benzene rings is 1. The van der Waals surface area contributed by atoms with Crippen LogP contribution in [0.3, 0.4) is 0 Å². The van der Waals surface area contributed by atoms with E-state index in [0.29, 0.717) is 6.54 Å². The minimum Gasteiger partial charge on any atom is -0.480 e. The molecule has 0 unspecified atom stereocenters. The topological polar surface area (TPSA) is 78.0 Å². The van der Waals surface area contributed by atoms with Crippen LogP contribution in [0, 0.1) is 0 Å². The van der Waals surface area contributed by atoms with Crippen LogP contribution in [-0.4, -0.2) is 27.6 Å². The summed E-state index contributed by atoms with van der Waals surface area (Å²) in [6.07, 6.45) is 0.876. The highest BCUT2D eigenvalue weighted by molar-refractivity contribution is 5.75. The minimum atomic E-state index is -0.846. The SMILES string of the molecule is CCc1nc2ccc(CNCC(=O)O)cc2[nH]1. The number of hydrogen-bond acceptors (Lipinski definition) is 3. The fourth-order valence-electron chi connectivity index (χ4n) is 1.70. The monoisotopic (exact) mass is 233 g/mol. The summed E-state index contributed by atoms with van der Waals surface area (Å²) in [5.41, 5.74) is 2.99. The van der Waals surface area contributed by atoms with Crippen molar-refractivity contribution in [1.82, 2.24) is 15.3 Å². The van der Waals surface area contributed by atoms with Gasteiger partial charge in [-0.3, -0.25) is 4.79 Å². The number of rotatable bonds is 5. The maximum Gasteiger partial charge on any atom is 0.317 e. The number of aromatic amines is 1. The molecule has 0 saturated heterocycles. The predicted octanol–water partition coefficient (Wildman–Crippen LogP) is 1.30. The number of nitrogens with zero attached hydrogens (tertiary/aromatic N) is 1. The third kappa shape index (κ3) is 2.82. The number of H-pyrrole nitrogens is 1. The maximum absolute atomic E-state index is 10.4. The van der Waals surface area contributed by atoms with Crippen molar-refractivity contribution in [3.8, 4) is 0 Å². The molecule has 0 aliphatic heterocycles. The highest BCUT2D eigenvalue weighted by atomic mass is 16.4. The molecule has 17 heavy (non-hydrogen) atoms. The van der Waals surface area contributed by atoms with E-state index in [2.05, 4.69) is 15.3 Å². The van der Waals surface area contributed by atoms with Crippen molar-refractivity contribution < 1.29 is 9.90 Å². The summed E-state index contributed by atoms with van der Waals surface area (Å²) in [4.78, 5) is 18.0. The molecular formula is C12H15N3O2. The minimum absolute atomic E-state index is 0.0266. The molecule has 0 radical (unpaired) electrons. The van der Waals surface area contributed by atoms with Gasteiger partial charge in [0.15, 0.2) is 0 Å². The van der Waals surface area contributed by atoms with Gasteiger partial charge in [-0.05, 0) is 17.7 Å².